The van der Waals surface area contributed by atoms with Crippen LogP contribution in [0.15, 0.2) is 77.6 Å². The molecule has 11 heteroatoms. The summed E-state index contributed by atoms with van der Waals surface area (Å²) in [7, 11) is 1.54. The molecule has 3 atom stereocenters. The third-order valence-electron chi connectivity index (χ3n) is 8.48. The Bertz CT molecular complexity index is 1790. The van der Waals surface area contributed by atoms with Crippen molar-refractivity contribution < 1.29 is 44.0 Å². The quantitative estimate of drug-likeness (QED) is 0.263. The first-order chi connectivity index (χ1) is 21.1. The van der Waals surface area contributed by atoms with Crippen molar-refractivity contribution in [3.63, 3.8) is 0 Å². The van der Waals surface area contributed by atoms with Crippen LogP contribution in [0.25, 0.3) is 16.9 Å². The third-order valence-corrected chi connectivity index (χ3v) is 8.48. The van der Waals surface area contributed by atoms with Crippen LogP contribution < -0.4 is 20.5 Å². The normalized spacial score (nSPS) is 20.8. The van der Waals surface area contributed by atoms with Gasteiger partial charge >= 0.3 is 6.09 Å². The molecule has 3 aromatic rings. The lowest BCUT2D eigenvalue weighted by Crippen LogP contribution is -2.44. The maximum Gasteiger partial charge on any atom is 0.417 e. The van der Waals surface area contributed by atoms with Crippen molar-refractivity contribution in [2.24, 2.45) is 23.5 Å². The Morgan fingerprint density at radius 1 is 0.909 bits per heavy atom. The van der Waals surface area contributed by atoms with Gasteiger partial charge in [-0.25, -0.2) is 4.79 Å². The Balaban J connectivity index is 1.28. The number of nitrogens with one attached hydrogen (secondary N) is 1. The molecule has 0 bridgehead atoms. The van der Waals surface area contributed by atoms with Gasteiger partial charge in [-0.05, 0) is 83.8 Å². The molecule has 1 fully saturated rings. The van der Waals surface area contributed by atoms with Gasteiger partial charge in [-0.1, -0.05) is 18.2 Å². The summed E-state index contributed by atoms with van der Waals surface area (Å²) in [5, 5.41) is 35.5. The SMILES string of the molecule is COc1ccc(OC(=O)Nc2ccc(-c3ccc(O)c4c3CC3CC5CC(=O)C(C(N)=O)=C(O)C5C(=O)C3=C4O)cc2)cc1. The number of benzene rings is 3. The number of anilines is 1. The second kappa shape index (κ2) is 10.9. The minimum Gasteiger partial charge on any atom is -0.511 e. The number of allylic oxidation sites excluding steroid dienone is 2. The highest BCUT2D eigenvalue weighted by Crippen LogP contribution is 2.51. The van der Waals surface area contributed by atoms with Crippen LogP contribution in [0.4, 0.5) is 10.5 Å². The molecule has 11 nitrogen and oxygen atoms in total. The average molecular weight is 597 g/mol. The van der Waals surface area contributed by atoms with Crippen LogP contribution in [0, 0.1) is 17.8 Å². The van der Waals surface area contributed by atoms with Crippen LogP contribution in [0.1, 0.15) is 24.0 Å². The summed E-state index contributed by atoms with van der Waals surface area (Å²) in [5.74, 6) is -4.86. The molecule has 0 aliphatic heterocycles. The number of phenolic OH excluding ortho intramolecular Hbond substituents is 1. The largest absolute Gasteiger partial charge is 0.511 e. The maximum atomic E-state index is 13.6. The monoisotopic (exact) mass is 596 g/mol. The summed E-state index contributed by atoms with van der Waals surface area (Å²) < 4.78 is 10.4. The van der Waals surface area contributed by atoms with E-state index in [0.29, 0.717) is 34.7 Å². The standard InChI is InChI=1S/C33H28N2O9/c1-43-19-6-8-20(9-7-19)44-33(42)35-18-4-2-15(3-5-18)21-10-11-23(36)27-22(21)13-16-12-17-14-24(37)28(32(34)41)31(40)26(17)29(38)25(16)30(27)39/h2-11,16-17,26,36,39-40H,12-14H2,1H3,(H2,34,41)(H,35,42). The smallest absolute Gasteiger partial charge is 0.417 e. The number of carbonyl (C=O) groups is 4. The predicted octanol–water partition coefficient (Wildman–Crippen LogP) is 4.60. The fourth-order valence-electron chi connectivity index (χ4n) is 6.54. The number of fused-ring (bicyclic) bond motifs is 3. The van der Waals surface area contributed by atoms with Gasteiger partial charge in [0.05, 0.1) is 18.6 Å². The van der Waals surface area contributed by atoms with E-state index in [4.69, 9.17) is 15.2 Å². The van der Waals surface area contributed by atoms with E-state index < -0.39 is 58.4 Å². The Morgan fingerprint density at radius 2 is 1.59 bits per heavy atom. The molecule has 0 aromatic heterocycles. The highest BCUT2D eigenvalue weighted by Gasteiger charge is 2.51. The topological polar surface area (TPSA) is 185 Å². The van der Waals surface area contributed by atoms with Crippen molar-refractivity contribution in [3.8, 4) is 28.4 Å². The Morgan fingerprint density at radius 3 is 2.25 bits per heavy atom. The molecule has 0 radical (unpaired) electrons. The molecule has 3 aliphatic rings. The van der Waals surface area contributed by atoms with Crippen LogP contribution in [0.2, 0.25) is 0 Å². The number of carbonyl (C=O) groups excluding carboxylic acids is 4. The number of rotatable bonds is 5. The van der Waals surface area contributed by atoms with Crippen molar-refractivity contribution >= 4 is 35.0 Å². The van der Waals surface area contributed by atoms with Gasteiger partial charge in [0.1, 0.15) is 34.3 Å². The molecule has 0 heterocycles. The number of ether oxygens (including phenoxy) is 2. The van der Waals surface area contributed by atoms with Crippen LogP contribution in [0.3, 0.4) is 0 Å². The van der Waals surface area contributed by atoms with Gasteiger partial charge in [-0.3, -0.25) is 19.7 Å². The fraction of sp³-hybridized carbons (Fsp3) is 0.212. The number of ketones is 2. The zero-order chi connectivity index (χ0) is 31.3. The number of methoxy groups -OCH3 is 1. The van der Waals surface area contributed by atoms with Crippen molar-refractivity contribution in [1.82, 2.24) is 0 Å². The number of amides is 2. The molecular formula is C33H28N2O9. The molecule has 3 unspecified atom stereocenters. The van der Waals surface area contributed by atoms with E-state index in [-0.39, 0.29) is 29.7 Å². The van der Waals surface area contributed by atoms with E-state index in [1.807, 2.05) is 0 Å². The van der Waals surface area contributed by atoms with Gasteiger partial charge in [0.2, 0.25) is 0 Å². The maximum absolute atomic E-state index is 13.6. The van der Waals surface area contributed by atoms with Crippen molar-refractivity contribution in [3.05, 3.63) is 88.7 Å². The zero-order valence-electron chi connectivity index (χ0n) is 23.5. The summed E-state index contributed by atoms with van der Waals surface area (Å²) in [6.07, 6.45) is -0.231. The minimum atomic E-state index is -1.17. The molecule has 6 N–H and O–H groups in total. The predicted molar refractivity (Wildman–Crippen MR) is 158 cm³/mol. The number of Topliss-reactive ketones (excluding diaryl/α,β-unsaturated/α-hetero) is 2. The minimum absolute atomic E-state index is 0.0471. The van der Waals surface area contributed by atoms with Crippen LogP contribution >= 0.6 is 0 Å². The molecule has 1 saturated carbocycles. The average Bonchev–Trinajstić information content (AvgIpc) is 2.97. The van der Waals surface area contributed by atoms with Gasteiger partial charge in [0, 0.05) is 17.7 Å². The van der Waals surface area contributed by atoms with E-state index >= 15 is 0 Å². The molecule has 3 aromatic carbocycles. The lowest BCUT2D eigenvalue weighted by atomic mass is 9.61. The number of aliphatic hydroxyl groups excluding tert-OH is 2. The van der Waals surface area contributed by atoms with Gasteiger partial charge in [0.25, 0.3) is 5.91 Å². The first-order valence-electron chi connectivity index (χ1n) is 13.9. The molecule has 2 amide bonds. The number of hydrogen-bond donors (Lipinski definition) is 5. The Kier molecular flexibility index (Phi) is 7.08. The van der Waals surface area contributed by atoms with Crippen molar-refractivity contribution in [2.45, 2.75) is 19.3 Å². The van der Waals surface area contributed by atoms with E-state index in [2.05, 4.69) is 5.32 Å². The first kappa shape index (κ1) is 28.5. The van der Waals surface area contributed by atoms with Crippen LogP contribution in [0.5, 0.6) is 17.2 Å². The number of aromatic hydroxyl groups is 1. The van der Waals surface area contributed by atoms with Gasteiger partial charge in [0.15, 0.2) is 11.6 Å². The highest BCUT2D eigenvalue weighted by atomic mass is 16.6. The molecule has 0 saturated heterocycles. The lowest BCUT2D eigenvalue weighted by Gasteiger charge is -2.41. The second-order valence-corrected chi connectivity index (χ2v) is 11.0. The van der Waals surface area contributed by atoms with Gasteiger partial charge in [-0.2, -0.15) is 0 Å². The van der Waals surface area contributed by atoms with Crippen molar-refractivity contribution in [2.75, 3.05) is 12.4 Å². The van der Waals surface area contributed by atoms with Crippen LogP contribution in [-0.2, 0) is 20.8 Å². The highest BCUT2D eigenvalue weighted by molar-refractivity contribution is 6.21. The first-order valence-corrected chi connectivity index (χ1v) is 13.9. The molecule has 3 aliphatic carbocycles. The Hall–Kier alpha value is -5.58. The summed E-state index contributed by atoms with van der Waals surface area (Å²) in [5.41, 5.74) is 7.38. The van der Waals surface area contributed by atoms with Crippen LogP contribution in [-0.4, -0.2) is 46.0 Å². The summed E-state index contributed by atoms with van der Waals surface area (Å²) in [4.78, 5) is 50.4. The van der Waals surface area contributed by atoms with E-state index in [9.17, 15) is 34.5 Å². The fourth-order valence-corrected chi connectivity index (χ4v) is 6.54. The summed E-state index contributed by atoms with van der Waals surface area (Å²) in [6.45, 7) is 0. The lowest BCUT2D eigenvalue weighted by molar-refractivity contribution is -0.127. The number of nitrogens with two attached hydrogens (primary N) is 1. The number of phenols is 1. The number of hydrogen-bond acceptors (Lipinski definition) is 9. The molecular weight excluding hydrogens is 568 g/mol. The van der Waals surface area contributed by atoms with Gasteiger partial charge < -0.3 is 30.5 Å². The molecule has 224 valence electrons. The third kappa shape index (κ3) is 4.81. The summed E-state index contributed by atoms with van der Waals surface area (Å²) >= 11 is 0. The number of primary amides is 1. The van der Waals surface area contributed by atoms with E-state index in [0.717, 1.165) is 5.56 Å². The van der Waals surface area contributed by atoms with Gasteiger partial charge in [-0.15, -0.1) is 0 Å². The van der Waals surface area contributed by atoms with E-state index in [1.54, 1.807) is 54.6 Å². The number of aliphatic hydroxyl groups is 2. The molecule has 6 rings (SSSR count). The molecule has 0 spiro atoms. The summed E-state index contributed by atoms with van der Waals surface area (Å²) in [6, 6.07) is 16.6. The molecule has 44 heavy (non-hydrogen) atoms. The Labute approximate surface area is 251 Å². The van der Waals surface area contributed by atoms with Crippen molar-refractivity contribution in [1.29, 1.82) is 0 Å². The second-order valence-electron chi connectivity index (χ2n) is 11.0. The van der Waals surface area contributed by atoms with E-state index in [1.165, 1.54) is 13.2 Å². The zero-order valence-corrected chi connectivity index (χ0v) is 23.5.